The van der Waals surface area contributed by atoms with E-state index in [-0.39, 0.29) is 0 Å². The topological polar surface area (TPSA) is 34.1 Å². The minimum Gasteiger partial charge on any atom is -0.381 e. The summed E-state index contributed by atoms with van der Waals surface area (Å²) in [5.41, 5.74) is 4.48. The minimum atomic E-state index is 0.461. The van der Waals surface area contributed by atoms with Gasteiger partial charge in [-0.2, -0.15) is 0 Å². The van der Waals surface area contributed by atoms with Crippen LogP contribution in [0.3, 0.4) is 0 Å². The largest absolute Gasteiger partial charge is 0.381 e. The van der Waals surface area contributed by atoms with Crippen LogP contribution < -0.4 is 5.32 Å². The molecule has 19 heavy (non-hydrogen) atoms. The van der Waals surface area contributed by atoms with Crippen LogP contribution in [-0.2, 0) is 11.3 Å². The highest BCUT2D eigenvalue weighted by Gasteiger charge is 2.21. The summed E-state index contributed by atoms with van der Waals surface area (Å²) >= 11 is 0. The number of aromatic nitrogens is 1. The van der Waals surface area contributed by atoms with Gasteiger partial charge in [0.05, 0.1) is 18.0 Å². The molecule has 0 spiro atoms. The van der Waals surface area contributed by atoms with Crippen molar-refractivity contribution in [3.05, 3.63) is 35.7 Å². The summed E-state index contributed by atoms with van der Waals surface area (Å²) in [6.07, 6.45) is 1.10. The van der Waals surface area contributed by atoms with Crippen molar-refractivity contribution in [2.45, 2.75) is 45.7 Å². The quantitative estimate of drug-likeness (QED) is 0.883. The predicted octanol–water partition coefficient (Wildman–Crippen LogP) is 3.12. The van der Waals surface area contributed by atoms with Gasteiger partial charge >= 0.3 is 0 Å². The highest BCUT2D eigenvalue weighted by Crippen LogP contribution is 2.28. The molecule has 1 aliphatic rings. The van der Waals surface area contributed by atoms with Gasteiger partial charge in [0, 0.05) is 25.1 Å². The first-order valence-corrected chi connectivity index (χ1v) is 7.04. The zero-order valence-electron chi connectivity index (χ0n) is 12.2. The molecular formula is C16H24N2O. The van der Waals surface area contributed by atoms with Gasteiger partial charge in [-0.15, -0.1) is 0 Å². The fraction of sp³-hybridized carbons (Fsp3) is 0.562. The number of rotatable bonds is 5. The van der Waals surface area contributed by atoms with Crippen molar-refractivity contribution in [2.24, 2.45) is 0 Å². The highest BCUT2D eigenvalue weighted by atomic mass is 16.5. The Bertz CT molecular complexity index is 448. The number of hydrogen-bond acceptors (Lipinski definition) is 3. The molecule has 0 bridgehead atoms. The van der Waals surface area contributed by atoms with Crippen LogP contribution in [0.25, 0.3) is 5.57 Å². The molecule has 1 saturated heterocycles. The predicted molar refractivity (Wildman–Crippen MR) is 79.1 cm³/mol. The maximum absolute atomic E-state index is 5.50. The summed E-state index contributed by atoms with van der Waals surface area (Å²) in [6, 6.07) is 4.74. The Balaban J connectivity index is 2.26. The van der Waals surface area contributed by atoms with Crippen molar-refractivity contribution in [3.8, 4) is 0 Å². The molecule has 0 aliphatic carbocycles. The Morgan fingerprint density at radius 1 is 1.53 bits per heavy atom. The molecular weight excluding hydrogens is 236 g/mol. The van der Waals surface area contributed by atoms with E-state index in [2.05, 4.69) is 37.9 Å². The first kappa shape index (κ1) is 14.2. The third-order valence-electron chi connectivity index (χ3n) is 3.49. The second kappa shape index (κ2) is 6.31. The summed E-state index contributed by atoms with van der Waals surface area (Å²) in [6.45, 7) is 12.8. The standard InChI is InChI=1S/C16H24N2O/c1-11(2)15-6-5-14(13-7-8-19-10-13)16(18-15)9-17-12(3)4/h5-6,12-13,17H,1,7-10H2,2-4H3/t13-/m0/s1. The molecule has 1 atom stereocenters. The average molecular weight is 260 g/mol. The van der Waals surface area contributed by atoms with Gasteiger partial charge in [0.1, 0.15) is 0 Å². The van der Waals surface area contributed by atoms with E-state index >= 15 is 0 Å². The van der Waals surface area contributed by atoms with Crippen LogP contribution in [0.2, 0.25) is 0 Å². The molecule has 1 fully saturated rings. The lowest BCUT2D eigenvalue weighted by Gasteiger charge is -2.16. The Hall–Kier alpha value is -1.19. The van der Waals surface area contributed by atoms with Crippen LogP contribution >= 0.6 is 0 Å². The van der Waals surface area contributed by atoms with E-state index in [4.69, 9.17) is 9.72 Å². The summed E-state index contributed by atoms with van der Waals surface area (Å²) in [7, 11) is 0. The van der Waals surface area contributed by atoms with E-state index in [1.165, 1.54) is 5.56 Å². The van der Waals surface area contributed by atoms with Gasteiger partial charge in [0.25, 0.3) is 0 Å². The van der Waals surface area contributed by atoms with Crippen LogP contribution in [0.4, 0.5) is 0 Å². The average Bonchev–Trinajstić information content (AvgIpc) is 2.89. The number of nitrogens with one attached hydrogen (secondary N) is 1. The first-order chi connectivity index (χ1) is 9.08. The molecule has 3 nitrogen and oxygen atoms in total. The van der Waals surface area contributed by atoms with Crippen molar-refractivity contribution >= 4 is 5.57 Å². The maximum atomic E-state index is 5.50. The Morgan fingerprint density at radius 3 is 2.89 bits per heavy atom. The van der Waals surface area contributed by atoms with Gasteiger partial charge in [-0.25, -0.2) is 0 Å². The fourth-order valence-electron chi connectivity index (χ4n) is 2.34. The van der Waals surface area contributed by atoms with Gasteiger partial charge in [-0.05, 0) is 30.5 Å². The van der Waals surface area contributed by atoms with Crippen molar-refractivity contribution in [1.29, 1.82) is 0 Å². The van der Waals surface area contributed by atoms with Crippen LogP contribution in [0.5, 0.6) is 0 Å². The molecule has 2 rings (SSSR count). The van der Waals surface area contributed by atoms with Gasteiger partial charge < -0.3 is 10.1 Å². The van der Waals surface area contributed by atoms with E-state index in [0.717, 1.165) is 43.1 Å². The van der Waals surface area contributed by atoms with Gasteiger partial charge in [0.2, 0.25) is 0 Å². The molecule has 0 unspecified atom stereocenters. The third-order valence-corrected chi connectivity index (χ3v) is 3.49. The first-order valence-electron chi connectivity index (χ1n) is 7.04. The third kappa shape index (κ3) is 3.64. The lowest BCUT2D eigenvalue weighted by molar-refractivity contribution is 0.193. The van der Waals surface area contributed by atoms with Gasteiger partial charge in [-0.3, -0.25) is 4.98 Å². The molecule has 1 aromatic rings. The summed E-state index contributed by atoms with van der Waals surface area (Å²) in [5.74, 6) is 0.496. The minimum absolute atomic E-state index is 0.461. The Morgan fingerprint density at radius 2 is 2.32 bits per heavy atom. The van der Waals surface area contributed by atoms with E-state index in [0.29, 0.717) is 12.0 Å². The van der Waals surface area contributed by atoms with Crippen molar-refractivity contribution < 1.29 is 4.74 Å². The lowest BCUT2D eigenvalue weighted by Crippen LogP contribution is -2.24. The summed E-state index contributed by atoms with van der Waals surface area (Å²) < 4.78 is 5.50. The van der Waals surface area contributed by atoms with E-state index in [1.54, 1.807) is 0 Å². The second-order valence-corrected chi connectivity index (χ2v) is 5.61. The molecule has 0 saturated carbocycles. The monoisotopic (exact) mass is 260 g/mol. The van der Waals surface area contributed by atoms with Gasteiger partial charge in [0.15, 0.2) is 0 Å². The normalized spacial score (nSPS) is 19.1. The smallest absolute Gasteiger partial charge is 0.0657 e. The highest BCUT2D eigenvalue weighted by molar-refractivity contribution is 5.58. The number of hydrogen-bond donors (Lipinski definition) is 1. The Labute approximate surface area is 116 Å². The SMILES string of the molecule is C=C(C)c1ccc([C@H]2CCOC2)c(CNC(C)C)n1. The van der Waals surface area contributed by atoms with Crippen molar-refractivity contribution in [3.63, 3.8) is 0 Å². The molecule has 1 aromatic heterocycles. The van der Waals surface area contributed by atoms with Crippen LogP contribution in [0.1, 0.15) is 50.1 Å². The number of allylic oxidation sites excluding steroid dienone is 1. The molecule has 1 aliphatic heterocycles. The van der Waals surface area contributed by atoms with E-state index in [1.807, 2.05) is 6.92 Å². The van der Waals surface area contributed by atoms with Crippen LogP contribution in [-0.4, -0.2) is 24.2 Å². The number of pyridine rings is 1. The van der Waals surface area contributed by atoms with Crippen molar-refractivity contribution in [2.75, 3.05) is 13.2 Å². The summed E-state index contributed by atoms with van der Waals surface area (Å²) in [5, 5.41) is 3.46. The second-order valence-electron chi connectivity index (χ2n) is 5.61. The molecule has 3 heteroatoms. The fourth-order valence-corrected chi connectivity index (χ4v) is 2.34. The lowest BCUT2D eigenvalue weighted by atomic mass is 9.96. The Kier molecular flexibility index (Phi) is 4.72. The number of ether oxygens (including phenoxy) is 1. The van der Waals surface area contributed by atoms with E-state index < -0.39 is 0 Å². The molecule has 104 valence electrons. The van der Waals surface area contributed by atoms with Crippen molar-refractivity contribution in [1.82, 2.24) is 10.3 Å². The molecule has 2 heterocycles. The summed E-state index contributed by atoms with van der Waals surface area (Å²) in [4.78, 5) is 4.77. The zero-order chi connectivity index (χ0) is 13.8. The maximum Gasteiger partial charge on any atom is 0.0657 e. The van der Waals surface area contributed by atoms with E-state index in [9.17, 15) is 0 Å². The van der Waals surface area contributed by atoms with Gasteiger partial charge in [-0.1, -0.05) is 26.5 Å². The molecule has 0 amide bonds. The van der Waals surface area contributed by atoms with Crippen LogP contribution in [0.15, 0.2) is 18.7 Å². The zero-order valence-corrected chi connectivity index (χ0v) is 12.2. The number of nitrogens with zero attached hydrogens (tertiary/aromatic N) is 1. The molecule has 0 aromatic carbocycles. The van der Waals surface area contributed by atoms with Crippen LogP contribution in [0, 0.1) is 0 Å². The molecule has 0 radical (unpaired) electrons. The molecule has 1 N–H and O–H groups in total.